The molecule has 1 rings (SSSR count). The zero-order valence-electron chi connectivity index (χ0n) is 9.17. The number of nitriles is 1. The molecule has 0 radical (unpaired) electrons. The highest BCUT2D eigenvalue weighted by Gasteiger charge is 2.07. The molecule has 0 amide bonds. The summed E-state index contributed by atoms with van der Waals surface area (Å²) in [5, 5.41) is 12.1. The van der Waals surface area contributed by atoms with Crippen LogP contribution in [-0.2, 0) is 13.6 Å². The van der Waals surface area contributed by atoms with Gasteiger partial charge in [-0.15, -0.1) is 12.3 Å². The third-order valence-electron chi connectivity index (χ3n) is 2.52. The molecular weight excluding hydrogens is 186 g/mol. The number of hydrogen-bond acceptors (Lipinski definition) is 2. The lowest BCUT2D eigenvalue weighted by Gasteiger charge is -2.03. The Morgan fingerprint density at radius 1 is 1.60 bits per heavy atom. The fraction of sp³-hybridized carbons (Fsp3) is 0.417. The fourth-order valence-corrected chi connectivity index (χ4v) is 1.43. The average Bonchev–Trinajstić information content (AvgIpc) is 2.52. The molecule has 0 aromatic carbocycles. The maximum absolute atomic E-state index is 8.85. The van der Waals surface area contributed by atoms with Gasteiger partial charge in [-0.3, -0.25) is 0 Å². The van der Waals surface area contributed by atoms with Crippen LogP contribution in [0.4, 0.5) is 0 Å². The Kier molecular flexibility index (Phi) is 3.97. The molecule has 1 N–H and O–H groups in total. The van der Waals surface area contributed by atoms with Crippen molar-refractivity contribution in [3.63, 3.8) is 0 Å². The van der Waals surface area contributed by atoms with Crippen LogP contribution in [0, 0.1) is 30.6 Å². The molecule has 0 aliphatic carbocycles. The Hall–Kier alpha value is -1.71. The molecule has 0 unspecified atom stereocenters. The highest BCUT2D eigenvalue weighted by atomic mass is 15.0. The van der Waals surface area contributed by atoms with Gasteiger partial charge < -0.3 is 9.88 Å². The Morgan fingerprint density at radius 2 is 2.33 bits per heavy atom. The van der Waals surface area contributed by atoms with Crippen LogP contribution in [-0.4, -0.2) is 11.1 Å². The van der Waals surface area contributed by atoms with Gasteiger partial charge in [0, 0.05) is 32.3 Å². The van der Waals surface area contributed by atoms with Crippen molar-refractivity contribution >= 4 is 0 Å². The van der Waals surface area contributed by atoms with E-state index >= 15 is 0 Å². The summed E-state index contributed by atoms with van der Waals surface area (Å²) in [4.78, 5) is 0. The predicted octanol–water partition coefficient (Wildman–Crippen LogP) is 1.32. The lowest BCUT2D eigenvalue weighted by Crippen LogP contribution is -2.14. The van der Waals surface area contributed by atoms with Gasteiger partial charge >= 0.3 is 0 Å². The molecule has 0 spiro atoms. The van der Waals surface area contributed by atoms with Gasteiger partial charge in [-0.25, -0.2) is 0 Å². The van der Waals surface area contributed by atoms with Crippen LogP contribution < -0.4 is 5.32 Å². The summed E-state index contributed by atoms with van der Waals surface area (Å²) in [6.07, 6.45) is 5.88. The first kappa shape index (κ1) is 11.4. The second-order valence-corrected chi connectivity index (χ2v) is 3.44. The molecule has 1 heterocycles. The van der Waals surface area contributed by atoms with Crippen molar-refractivity contribution in [1.29, 1.82) is 5.26 Å². The van der Waals surface area contributed by atoms with E-state index < -0.39 is 0 Å². The largest absolute Gasteiger partial charge is 0.340 e. The van der Waals surface area contributed by atoms with Crippen LogP contribution in [0.2, 0.25) is 0 Å². The molecule has 0 saturated carbocycles. The van der Waals surface area contributed by atoms with Gasteiger partial charge in [-0.1, -0.05) is 0 Å². The van der Waals surface area contributed by atoms with E-state index in [0.29, 0.717) is 5.69 Å². The maximum Gasteiger partial charge on any atom is 0.120 e. The van der Waals surface area contributed by atoms with Crippen molar-refractivity contribution < 1.29 is 0 Å². The van der Waals surface area contributed by atoms with Crippen molar-refractivity contribution in [2.24, 2.45) is 7.05 Å². The van der Waals surface area contributed by atoms with Crippen LogP contribution in [0.25, 0.3) is 0 Å². The fourth-order valence-electron chi connectivity index (χ4n) is 1.43. The standard InChI is InChI=1S/C12H15N3/c1-4-5-6-14-9-11-7-12(8-13)15(3)10(11)2/h1,7,14H,5-6,9H2,2-3H3. The highest BCUT2D eigenvalue weighted by Crippen LogP contribution is 2.12. The summed E-state index contributed by atoms with van der Waals surface area (Å²) in [6, 6.07) is 4.08. The van der Waals surface area contributed by atoms with Crippen molar-refractivity contribution in [2.45, 2.75) is 19.9 Å². The van der Waals surface area contributed by atoms with Crippen molar-refractivity contribution in [3.8, 4) is 18.4 Å². The molecule has 0 saturated heterocycles. The molecule has 1 aromatic heterocycles. The molecule has 1 aromatic rings. The monoisotopic (exact) mass is 201 g/mol. The summed E-state index contributed by atoms with van der Waals surface area (Å²) in [5.41, 5.74) is 2.98. The average molecular weight is 201 g/mol. The zero-order chi connectivity index (χ0) is 11.3. The Bertz CT molecular complexity index is 415. The Morgan fingerprint density at radius 3 is 2.87 bits per heavy atom. The lowest BCUT2D eigenvalue weighted by atomic mass is 10.2. The van der Waals surface area contributed by atoms with E-state index in [9.17, 15) is 0 Å². The smallest absolute Gasteiger partial charge is 0.120 e. The minimum Gasteiger partial charge on any atom is -0.340 e. The highest BCUT2D eigenvalue weighted by molar-refractivity contribution is 5.33. The molecular formula is C12H15N3. The maximum atomic E-state index is 8.85. The summed E-state index contributed by atoms with van der Waals surface area (Å²) in [5.74, 6) is 2.58. The molecule has 0 fully saturated rings. The minimum absolute atomic E-state index is 0.696. The number of nitrogens with zero attached hydrogens (tertiary/aromatic N) is 2. The summed E-state index contributed by atoms with van der Waals surface area (Å²) in [6.45, 7) is 3.59. The van der Waals surface area contributed by atoms with Gasteiger partial charge in [0.15, 0.2) is 0 Å². The van der Waals surface area contributed by atoms with Gasteiger partial charge in [-0.2, -0.15) is 5.26 Å². The third kappa shape index (κ3) is 2.62. The molecule has 0 atom stereocenters. The van der Waals surface area contributed by atoms with Gasteiger partial charge in [0.05, 0.1) is 0 Å². The number of hydrogen-bond donors (Lipinski definition) is 1. The second kappa shape index (κ2) is 5.24. The van der Waals surface area contributed by atoms with Crippen LogP contribution in [0.3, 0.4) is 0 Å². The van der Waals surface area contributed by atoms with Crippen LogP contribution in [0.15, 0.2) is 6.07 Å². The summed E-state index contributed by atoms with van der Waals surface area (Å²) >= 11 is 0. The molecule has 78 valence electrons. The van der Waals surface area contributed by atoms with Crippen LogP contribution in [0.5, 0.6) is 0 Å². The van der Waals surface area contributed by atoms with E-state index in [1.54, 1.807) is 0 Å². The first-order chi connectivity index (χ1) is 7.20. The number of aromatic nitrogens is 1. The Labute approximate surface area is 90.7 Å². The van der Waals surface area contributed by atoms with E-state index in [2.05, 4.69) is 17.3 Å². The topological polar surface area (TPSA) is 40.8 Å². The van der Waals surface area contributed by atoms with Gasteiger partial charge in [0.1, 0.15) is 11.8 Å². The third-order valence-corrected chi connectivity index (χ3v) is 2.52. The van der Waals surface area contributed by atoms with E-state index in [1.807, 2.05) is 24.6 Å². The first-order valence-electron chi connectivity index (χ1n) is 4.90. The van der Waals surface area contributed by atoms with Gasteiger partial charge in [0.2, 0.25) is 0 Å². The van der Waals surface area contributed by atoms with E-state index in [4.69, 9.17) is 11.7 Å². The molecule has 3 heteroatoms. The quantitative estimate of drug-likeness (QED) is 0.589. The predicted molar refractivity (Wildman–Crippen MR) is 60.0 cm³/mol. The van der Waals surface area contributed by atoms with Crippen LogP contribution >= 0.6 is 0 Å². The molecule has 0 bridgehead atoms. The van der Waals surface area contributed by atoms with Crippen molar-refractivity contribution in [2.75, 3.05) is 6.54 Å². The lowest BCUT2D eigenvalue weighted by molar-refractivity contribution is 0.695. The summed E-state index contributed by atoms with van der Waals surface area (Å²) < 4.78 is 1.90. The number of terminal acetylenes is 1. The number of rotatable bonds is 4. The summed E-state index contributed by atoms with van der Waals surface area (Å²) in [7, 11) is 1.90. The molecule has 0 aliphatic heterocycles. The van der Waals surface area contributed by atoms with E-state index in [1.165, 1.54) is 0 Å². The molecule has 15 heavy (non-hydrogen) atoms. The van der Waals surface area contributed by atoms with E-state index in [0.717, 1.165) is 30.8 Å². The molecule has 0 aliphatic rings. The Balaban J connectivity index is 2.63. The minimum atomic E-state index is 0.696. The SMILES string of the molecule is C#CCCNCc1cc(C#N)n(C)c1C. The van der Waals surface area contributed by atoms with Gasteiger partial charge in [0.25, 0.3) is 0 Å². The zero-order valence-corrected chi connectivity index (χ0v) is 9.17. The normalized spacial score (nSPS) is 9.60. The van der Waals surface area contributed by atoms with E-state index in [-0.39, 0.29) is 0 Å². The second-order valence-electron chi connectivity index (χ2n) is 3.44. The molecule has 3 nitrogen and oxygen atoms in total. The van der Waals surface area contributed by atoms with Gasteiger partial charge in [-0.05, 0) is 18.6 Å². The van der Waals surface area contributed by atoms with Crippen molar-refractivity contribution in [1.82, 2.24) is 9.88 Å². The first-order valence-corrected chi connectivity index (χ1v) is 4.90. The van der Waals surface area contributed by atoms with Crippen LogP contribution in [0.1, 0.15) is 23.4 Å². The van der Waals surface area contributed by atoms with Crippen molar-refractivity contribution in [3.05, 3.63) is 23.0 Å². The number of nitrogens with one attached hydrogen (secondary N) is 1.